The summed E-state index contributed by atoms with van der Waals surface area (Å²) in [6.07, 6.45) is 0.349. The molecular formula is C16H23F2N3O. The minimum Gasteiger partial charge on any atom is -0.340 e. The number of rotatable bonds is 4. The molecule has 0 spiro atoms. The van der Waals surface area contributed by atoms with Crippen molar-refractivity contribution in [3.05, 3.63) is 35.4 Å². The van der Waals surface area contributed by atoms with Crippen LogP contribution in [-0.2, 0) is 4.79 Å². The summed E-state index contributed by atoms with van der Waals surface area (Å²) in [5.74, 6) is -1.03. The lowest BCUT2D eigenvalue weighted by Gasteiger charge is -2.38. The molecule has 0 aromatic heterocycles. The summed E-state index contributed by atoms with van der Waals surface area (Å²) < 4.78 is 26.8. The number of hydrogen-bond donors (Lipinski definition) is 1. The van der Waals surface area contributed by atoms with E-state index in [2.05, 4.69) is 4.90 Å². The molecule has 0 bridgehead atoms. The third-order valence-corrected chi connectivity index (χ3v) is 4.12. The molecule has 1 aromatic rings. The van der Waals surface area contributed by atoms with Gasteiger partial charge in [-0.15, -0.1) is 0 Å². The van der Waals surface area contributed by atoms with Crippen LogP contribution < -0.4 is 5.73 Å². The van der Waals surface area contributed by atoms with E-state index in [0.29, 0.717) is 38.2 Å². The molecule has 1 amide bonds. The molecule has 0 aliphatic carbocycles. The standard InChI is InChI=1S/C16H23F2N3O/c1-11(19)9-16(22)21-7-5-20(6-8-21)12(2)14-4-3-13(17)10-15(14)18/h3-4,10-12H,5-9,19H2,1-2H3. The number of hydrogen-bond acceptors (Lipinski definition) is 3. The van der Waals surface area contributed by atoms with Crippen molar-refractivity contribution in [1.82, 2.24) is 9.80 Å². The van der Waals surface area contributed by atoms with Gasteiger partial charge in [0.25, 0.3) is 0 Å². The highest BCUT2D eigenvalue weighted by atomic mass is 19.1. The van der Waals surface area contributed by atoms with Gasteiger partial charge in [-0.2, -0.15) is 0 Å². The van der Waals surface area contributed by atoms with Crippen LogP contribution in [0.4, 0.5) is 8.78 Å². The average Bonchev–Trinajstić information content (AvgIpc) is 2.46. The number of nitrogens with zero attached hydrogens (tertiary/aromatic N) is 2. The Morgan fingerprint density at radius 3 is 2.41 bits per heavy atom. The highest BCUT2D eigenvalue weighted by molar-refractivity contribution is 5.76. The van der Waals surface area contributed by atoms with Crippen molar-refractivity contribution >= 4 is 5.91 Å². The summed E-state index contributed by atoms with van der Waals surface area (Å²) in [6, 6.07) is 3.39. The zero-order chi connectivity index (χ0) is 16.3. The maximum Gasteiger partial charge on any atom is 0.224 e. The van der Waals surface area contributed by atoms with E-state index in [-0.39, 0.29) is 18.0 Å². The minimum atomic E-state index is -0.570. The third kappa shape index (κ3) is 4.01. The van der Waals surface area contributed by atoms with E-state index in [9.17, 15) is 13.6 Å². The van der Waals surface area contributed by atoms with E-state index >= 15 is 0 Å². The van der Waals surface area contributed by atoms with Gasteiger partial charge in [-0.25, -0.2) is 8.78 Å². The first-order valence-electron chi connectivity index (χ1n) is 7.61. The zero-order valence-electron chi connectivity index (χ0n) is 13.1. The van der Waals surface area contributed by atoms with E-state index < -0.39 is 11.6 Å². The van der Waals surface area contributed by atoms with Crippen molar-refractivity contribution in [1.29, 1.82) is 0 Å². The second-order valence-electron chi connectivity index (χ2n) is 5.94. The molecule has 1 saturated heterocycles. The van der Waals surface area contributed by atoms with Crippen LogP contribution in [0.2, 0.25) is 0 Å². The number of amides is 1. The number of carbonyl (C=O) groups is 1. The molecule has 0 saturated carbocycles. The Kier molecular flexibility index (Phi) is 5.47. The molecule has 1 fully saturated rings. The summed E-state index contributed by atoms with van der Waals surface area (Å²) in [6.45, 7) is 6.27. The van der Waals surface area contributed by atoms with Crippen molar-refractivity contribution < 1.29 is 13.6 Å². The molecule has 22 heavy (non-hydrogen) atoms. The highest BCUT2D eigenvalue weighted by Crippen LogP contribution is 2.24. The molecular weight excluding hydrogens is 288 g/mol. The Bertz CT molecular complexity index is 528. The Labute approximate surface area is 129 Å². The van der Waals surface area contributed by atoms with Gasteiger partial charge in [0.15, 0.2) is 0 Å². The van der Waals surface area contributed by atoms with Gasteiger partial charge in [-0.05, 0) is 19.9 Å². The lowest BCUT2D eigenvalue weighted by Crippen LogP contribution is -2.50. The van der Waals surface area contributed by atoms with Crippen LogP contribution in [0, 0.1) is 11.6 Å². The van der Waals surface area contributed by atoms with Crippen molar-refractivity contribution in [3.8, 4) is 0 Å². The van der Waals surface area contributed by atoms with Gasteiger partial charge in [0.2, 0.25) is 5.91 Å². The van der Waals surface area contributed by atoms with E-state index in [1.807, 2.05) is 13.8 Å². The maximum absolute atomic E-state index is 13.9. The highest BCUT2D eigenvalue weighted by Gasteiger charge is 2.26. The number of benzene rings is 1. The molecule has 1 aliphatic rings. The van der Waals surface area contributed by atoms with Crippen molar-refractivity contribution in [2.75, 3.05) is 26.2 Å². The quantitative estimate of drug-likeness (QED) is 0.924. The van der Waals surface area contributed by atoms with Crippen molar-refractivity contribution in [2.24, 2.45) is 5.73 Å². The SMILES string of the molecule is CC(N)CC(=O)N1CCN(C(C)c2ccc(F)cc2F)CC1. The first-order valence-corrected chi connectivity index (χ1v) is 7.61. The molecule has 0 radical (unpaired) electrons. The molecule has 1 aromatic carbocycles. The fourth-order valence-corrected chi connectivity index (χ4v) is 2.80. The van der Waals surface area contributed by atoms with Crippen LogP contribution in [0.5, 0.6) is 0 Å². The number of nitrogens with two attached hydrogens (primary N) is 1. The van der Waals surface area contributed by atoms with Gasteiger partial charge in [0, 0.05) is 56.3 Å². The van der Waals surface area contributed by atoms with Gasteiger partial charge in [-0.3, -0.25) is 9.69 Å². The monoisotopic (exact) mass is 311 g/mol. The van der Waals surface area contributed by atoms with Crippen molar-refractivity contribution in [3.63, 3.8) is 0 Å². The smallest absolute Gasteiger partial charge is 0.224 e. The van der Waals surface area contributed by atoms with Gasteiger partial charge in [0.1, 0.15) is 11.6 Å². The summed E-state index contributed by atoms with van der Waals surface area (Å²) in [5.41, 5.74) is 6.13. The summed E-state index contributed by atoms with van der Waals surface area (Å²) in [7, 11) is 0. The van der Waals surface area contributed by atoms with Crippen LogP contribution in [-0.4, -0.2) is 47.9 Å². The Balaban J connectivity index is 1.95. The van der Waals surface area contributed by atoms with Crippen LogP contribution in [0.1, 0.15) is 31.9 Å². The van der Waals surface area contributed by atoms with Gasteiger partial charge in [0.05, 0.1) is 0 Å². The Hall–Kier alpha value is -1.53. The third-order valence-electron chi connectivity index (χ3n) is 4.12. The molecule has 6 heteroatoms. The lowest BCUT2D eigenvalue weighted by atomic mass is 10.0. The van der Waals surface area contributed by atoms with Gasteiger partial charge < -0.3 is 10.6 Å². The second kappa shape index (κ2) is 7.15. The predicted octanol–water partition coefficient (Wildman–Crippen LogP) is 1.91. The molecule has 1 aliphatic heterocycles. The topological polar surface area (TPSA) is 49.6 Å². The van der Waals surface area contributed by atoms with Crippen LogP contribution >= 0.6 is 0 Å². The molecule has 2 rings (SSSR count). The average molecular weight is 311 g/mol. The largest absolute Gasteiger partial charge is 0.340 e. The molecule has 2 atom stereocenters. The van der Waals surface area contributed by atoms with Crippen LogP contribution in [0.3, 0.4) is 0 Å². The van der Waals surface area contributed by atoms with Crippen LogP contribution in [0.15, 0.2) is 18.2 Å². The lowest BCUT2D eigenvalue weighted by molar-refractivity contribution is -0.133. The van der Waals surface area contributed by atoms with Crippen molar-refractivity contribution in [2.45, 2.75) is 32.4 Å². The zero-order valence-corrected chi connectivity index (χ0v) is 13.1. The molecule has 122 valence electrons. The number of piperazine rings is 1. The molecule has 2 N–H and O–H groups in total. The van der Waals surface area contributed by atoms with E-state index in [0.717, 1.165) is 6.07 Å². The predicted molar refractivity (Wildman–Crippen MR) is 81.2 cm³/mol. The number of carbonyl (C=O) groups excluding carboxylic acids is 1. The number of halogens is 2. The fraction of sp³-hybridized carbons (Fsp3) is 0.562. The Morgan fingerprint density at radius 1 is 1.23 bits per heavy atom. The van der Waals surface area contributed by atoms with Gasteiger partial charge >= 0.3 is 0 Å². The molecule has 4 nitrogen and oxygen atoms in total. The first kappa shape index (κ1) is 16.8. The summed E-state index contributed by atoms with van der Waals surface area (Å²) >= 11 is 0. The van der Waals surface area contributed by atoms with E-state index in [1.165, 1.54) is 12.1 Å². The summed E-state index contributed by atoms with van der Waals surface area (Å²) in [5, 5.41) is 0. The molecule has 1 heterocycles. The Morgan fingerprint density at radius 2 is 1.86 bits per heavy atom. The summed E-state index contributed by atoms with van der Waals surface area (Å²) in [4.78, 5) is 15.9. The van der Waals surface area contributed by atoms with E-state index in [4.69, 9.17) is 5.73 Å². The first-order chi connectivity index (χ1) is 10.4. The molecule has 2 unspecified atom stereocenters. The maximum atomic E-state index is 13.9. The van der Waals surface area contributed by atoms with Gasteiger partial charge in [-0.1, -0.05) is 6.07 Å². The second-order valence-corrected chi connectivity index (χ2v) is 5.94. The normalized spacial score (nSPS) is 19.0. The van der Waals surface area contributed by atoms with E-state index in [1.54, 1.807) is 4.90 Å². The fourth-order valence-electron chi connectivity index (χ4n) is 2.80. The van der Waals surface area contributed by atoms with Crippen LogP contribution in [0.25, 0.3) is 0 Å². The minimum absolute atomic E-state index is 0.0651.